The van der Waals surface area contributed by atoms with Crippen LogP contribution in [0.4, 0.5) is 0 Å². The molecule has 4 bridgehead atoms. The second-order valence-electron chi connectivity index (χ2n) is 8.61. The number of nitrogens with one attached hydrogen (secondary N) is 1. The molecular formula is C21H31NO2. The fraction of sp³-hybridized carbons (Fsp3) is 0.714. The van der Waals surface area contributed by atoms with Crippen molar-refractivity contribution in [1.29, 1.82) is 0 Å². The number of hydrogen-bond acceptors (Lipinski definition) is 3. The first kappa shape index (κ1) is 16.6. The molecule has 0 unspecified atom stereocenters. The maximum Gasteiger partial charge on any atom is 0.0898 e. The first-order valence-corrected chi connectivity index (χ1v) is 9.72. The Hall–Kier alpha value is -0.900. The molecule has 1 aromatic carbocycles. The van der Waals surface area contributed by atoms with Crippen molar-refractivity contribution in [3.63, 3.8) is 0 Å². The zero-order valence-electron chi connectivity index (χ0n) is 14.8. The molecule has 0 amide bonds. The van der Waals surface area contributed by atoms with Crippen LogP contribution in [0.25, 0.3) is 0 Å². The largest absolute Gasteiger partial charge is 0.389 e. The van der Waals surface area contributed by atoms with Crippen molar-refractivity contribution >= 4 is 0 Å². The summed E-state index contributed by atoms with van der Waals surface area (Å²) in [4.78, 5) is 0. The van der Waals surface area contributed by atoms with Crippen molar-refractivity contribution in [1.82, 2.24) is 5.32 Å². The molecule has 4 saturated carbocycles. The molecule has 3 heteroatoms. The predicted octanol–water partition coefficient (Wildman–Crippen LogP) is 3.68. The number of rotatable bonds is 7. The summed E-state index contributed by atoms with van der Waals surface area (Å²) in [6, 6.07) is 10.6. The normalized spacial score (nSPS) is 36.7. The van der Waals surface area contributed by atoms with E-state index in [1.807, 2.05) is 6.07 Å². The minimum atomic E-state index is -0.427. The first-order chi connectivity index (χ1) is 11.6. The molecule has 1 aromatic rings. The third-order valence-electron chi connectivity index (χ3n) is 6.52. The van der Waals surface area contributed by atoms with E-state index in [2.05, 4.69) is 36.5 Å². The third kappa shape index (κ3) is 3.54. The highest BCUT2D eigenvalue weighted by atomic mass is 16.5. The molecule has 4 fully saturated rings. The van der Waals surface area contributed by atoms with Gasteiger partial charge in [0.2, 0.25) is 0 Å². The lowest BCUT2D eigenvalue weighted by atomic mass is 9.54. The highest BCUT2D eigenvalue weighted by Crippen LogP contribution is 2.57. The Labute approximate surface area is 145 Å². The van der Waals surface area contributed by atoms with Crippen LogP contribution in [0, 0.1) is 17.8 Å². The van der Waals surface area contributed by atoms with Crippen LogP contribution in [0.1, 0.15) is 57.1 Å². The van der Waals surface area contributed by atoms with Gasteiger partial charge in [0.05, 0.1) is 18.3 Å². The standard InChI is InChI=1S/C21H31NO2/c1-15(19-5-3-2-4-6-19)22-13-20(23)14-24-21-10-16-7-17(11-21)9-18(8-16)12-21/h2-6,15-18,20,22-23H,7-14H2,1H3/t15-,16?,17?,18?,20+,21?/m0/s1. The van der Waals surface area contributed by atoms with Gasteiger partial charge in [-0.15, -0.1) is 0 Å². The van der Waals surface area contributed by atoms with Gasteiger partial charge in [-0.3, -0.25) is 0 Å². The van der Waals surface area contributed by atoms with Gasteiger partial charge >= 0.3 is 0 Å². The molecule has 24 heavy (non-hydrogen) atoms. The van der Waals surface area contributed by atoms with E-state index >= 15 is 0 Å². The van der Waals surface area contributed by atoms with Gasteiger partial charge in [-0.1, -0.05) is 30.3 Å². The lowest BCUT2D eigenvalue weighted by molar-refractivity contribution is -0.174. The average Bonchev–Trinajstić information content (AvgIpc) is 2.57. The van der Waals surface area contributed by atoms with Crippen LogP contribution >= 0.6 is 0 Å². The third-order valence-corrected chi connectivity index (χ3v) is 6.52. The minimum absolute atomic E-state index is 0.0980. The second kappa shape index (κ2) is 6.78. The molecule has 0 aromatic heterocycles. The molecule has 0 heterocycles. The Morgan fingerprint density at radius 3 is 2.25 bits per heavy atom. The van der Waals surface area contributed by atoms with Gasteiger partial charge in [-0.2, -0.15) is 0 Å². The molecule has 4 aliphatic rings. The summed E-state index contributed by atoms with van der Waals surface area (Å²) < 4.78 is 6.35. The van der Waals surface area contributed by atoms with Crippen LogP contribution in [-0.4, -0.2) is 30.0 Å². The highest BCUT2D eigenvalue weighted by molar-refractivity contribution is 5.18. The monoisotopic (exact) mass is 329 g/mol. The fourth-order valence-corrected chi connectivity index (χ4v) is 5.71. The molecule has 0 spiro atoms. The van der Waals surface area contributed by atoms with Crippen LogP contribution < -0.4 is 5.32 Å². The highest BCUT2D eigenvalue weighted by Gasteiger charge is 2.51. The van der Waals surface area contributed by atoms with Crippen molar-refractivity contribution in [3.8, 4) is 0 Å². The van der Waals surface area contributed by atoms with Gasteiger partial charge in [0.25, 0.3) is 0 Å². The summed E-state index contributed by atoms with van der Waals surface area (Å²) in [5.74, 6) is 2.68. The van der Waals surface area contributed by atoms with E-state index in [1.54, 1.807) is 0 Å². The summed E-state index contributed by atoms with van der Waals surface area (Å²) in [6.45, 7) is 3.20. The van der Waals surface area contributed by atoms with E-state index in [0.29, 0.717) is 13.2 Å². The van der Waals surface area contributed by atoms with Crippen molar-refractivity contribution < 1.29 is 9.84 Å². The fourth-order valence-electron chi connectivity index (χ4n) is 5.71. The second-order valence-corrected chi connectivity index (χ2v) is 8.61. The van der Waals surface area contributed by atoms with Crippen LogP contribution in [0.5, 0.6) is 0 Å². The van der Waals surface area contributed by atoms with E-state index in [0.717, 1.165) is 17.8 Å². The summed E-state index contributed by atoms with van der Waals surface area (Å²) in [5, 5.41) is 13.8. The Balaban J connectivity index is 1.24. The van der Waals surface area contributed by atoms with Crippen molar-refractivity contribution in [2.24, 2.45) is 17.8 Å². The van der Waals surface area contributed by atoms with Gasteiger partial charge in [-0.05, 0) is 68.8 Å². The molecule has 0 radical (unpaired) electrons. The van der Waals surface area contributed by atoms with E-state index in [9.17, 15) is 5.11 Å². The molecule has 2 atom stereocenters. The van der Waals surface area contributed by atoms with Crippen molar-refractivity contribution in [2.45, 2.75) is 63.2 Å². The Morgan fingerprint density at radius 1 is 1.08 bits per heavy atom. The Kier molecular flexibility index (Phi) is 4.68. The maximum atomic E-state index is 10.4. The zero-order chi connectivity index (χ0) is 16.6. The van der Waals surface area contributed by atoms with E-state index in [4.69, 9.17) is 4.74 Å². The smallest absolute Gasteiger partial charge is 0.0898 e. The van der Waals surface area contributed by atoms with Gasteiger partial charge < -0.3 is 15.2 Å². The lowest BCUT2D eigenvalue weighted by Gasteiger charge is -2.56. The number of benzene rings is 1. The molecule has 0 saturated heterocycles. The predicted molar refractivity (Wildman–Crippen MR) is 95.7 cm³/mol. The van der Waals surface area contributed by atoms with Gasteiger partial charge in [0.15, 0.2) is 0 Å². The Morgan fingerprint density at radius 2 is 1.67 bits per heavy atom. The average molecular weight is 329 g/mol. The van der Waals surface area contributed by atoms with E-state index in [-0.39, 0.29) is 11.6 Å². The molecule has 132 valence electrons. The Bertz CT molecular complexity index is 509. The minimum Gasteiger partial charge on any atom is -0.389 e. The van der Waals surface area contributed by atoms with E-state index in [1.165, 1.54) is 44.1 Å². The lowest BCUT2D eigenvalue weighted by Crippen LogP contribution is -2.53. The zero-order valence-corrected chi connectivity index (χ0v) is 14.8. The SMILES string of the molecule is C[C@H](NC[C@@H](O)COC12CC3CC(CC(C3)C1)C2)c1ccccc1. The summed E-state index contributed by atoms with van der Waals surface area (Å²) in [6.07, 6.45) is 7.58. The van der Waals surface area contributed by atoms with Crippen molar-refractivity contribution in [3.05, 3.63) is 35.9 Å². The maximum absolute atomic E-state index is 10.4. The van der Waals surface area contributed by atoms with Gasteiger partial charge in [0, 0.05) is 12.6 Å². The number of hydrogen-bond donors (Lipinski definition) is 2. The molecule has 3 nitrogen and oxygen atoms in total. The summed E-state index contributed by atoms with van der Waals surface area (Å²) >= 11 is 0. The first-order valence-electron chi connectivity index (χ1n) is 9.72. The van der Waals surface area contributed by atoms with Crippen LogP contribution in [0.2, 0.25) is 0 Å². The molecule has 5 rings (SSSR count). The summed E-state index contributed by atoms with van der Waals surface area (Å²) in [5.41, 5.74) is 1.35. The van der Waals surface area contributed by atoms with Gasteiger partial charge in [0.1, 0.15) is 0 Å². The topological polar surface area (TPSA) is 41.5 Å². The van der Waals surface area contributed by atoms with Gasteiger partial charge in [-0.25, -0.2) is 0 Å². The number of aliphatic hydroxyl groups excluding tert-OH is 1. The van der Waals surface area contributed by atoms with Crippen molar-refractivity contribution in [2.75, 3.05) is 13.2 Å². The number of ether oxygens (including phenoxy) is 1. The van der Waals surface area contributed by atoms with Crippen LogP contribution in [-0.2, 0) is 4.74 Å². The molecule has 2 N–H and O–H groups in total. The molecule has 4 aliphatic carbocycles. The molecular weight excluding hydrogens is 298 g/mol. The quantitative estimate of drug-likeness (QED) is 0.802. The van der Waals surface area contributed by atoms with Crippen LogP contribution in [0.15, 0.2) is 30.3 Å². The molecule has 0 aliphatic heterocycles. The summed E-state index contributed by atoms with van der Waals surface area (Å²) in [7, 11) is 0. The van der Waals surface area contributed by atoms with E-state index < -0.39 is 6.10 Å². The van der Waals surface area contributed by atoms with Crippen LogP contribution in [0.3, 0.4) is 0 Å². The number of aliphatic hydroxyl groups is 1.